The Hall–Kier alpha value is -3.93. The molecule has 2 aromatic carbocycles. The highest BCUT2D eigenvalue weighted by atomic mass is 32.2. The molecule has 0 spiro atoms. The van der Waals surface area contributed by atoms with Crippen LogP contribution >= 0.6 is 0 Å². The van der Waals surface area contributed by atoms with Gasteiger partial charge in [0.1, 0.15) is 27.8 Å². The maximum Gasteiger partial charge on any atom is 0.286 e. The molecule has 1 aliphatic heterocycles. The number of amides is 1. The van der Waals surface area contributed by atoms with Gasteiger partial charge in [-0.1, -0.05) is 12.8 Å². The topological polar surface area (TPSA) is 153 Å². The number of hydrogen-bond donors (Lipinski definition) is 3. The summed E-state index contributed by atoms with van der Waals surface area (Å²) in [6.45, 7) is 1.75. The van der Waals surface area contributed by atoms with Crippen LogP contribution in [0.1, 0.15) is 31.7 Å². The number of anilines is 1. The molecule has 1 aliphatic carbocycles. The summed E-state index contributed by atoms with van der Waals surface area (Å²) in [4.78, 5) is 24.5. The fourth-order valence-corrected chi connectivity index (χ4v) is 5.29. The van der Waals surface area contributed by atoms with Gasteiger partial charge >= 0.3 is 0 Å². The second-order valence-corrected chi connectivity index (χ2v) is 10.5. The third kappa shape index (κ3) is 4.28. The average molecular weight is 515 g/mol. The number of amidine groups is 1. The van der Waals surface area contributed by atoms with E-state index in [-0.39, 0.29) is 33.1 Å². The van der Waals surface area contributed by atoms with E-state index in [1.54, 1.807) is 0 Å². The molecule has 1 aromatic heterocycles. The summed E-state index contributed by atoms with van der Waals surface area (Å²) in [7, 11) is -4.35. The van der Waals surface area contributed by atoms with Crippen molar-refractivity contribution in [3.05, 3.63) is 58.1 Å². The number of fused-ring (bicyclic) bond motifs is 2. The number of halogens is 1. The minimum atomic E-state index is -4.35. The number of hydrogen-bond acceptors (Lipinski definition) is 7. The number of ether oxygens (including phenoxy) is 1. The number of sulfonamides is 1. The fourth-order valence-electron chi connectivity index (χ4n) is 4.15. The second kappa shape index (κ2) is 8.63. The molecule has 12 heteroatoms. The SMILES string of the molecule is CC(Oc1ccc2c(c1)S(=O)(=O)N=C(c1c(O)c3cc(F)ccc3n(CCC3CC3)c1=O)N2)C(N)=O. The van der Waals surface area contributed by atoms with Crippen molar-refractivity contribution in [2.75, 3.05) is 5.32 Å². The van der Waals surface area contributed by atoms with Crippen LogP contribution in [0.5, 0.6) is 11.5 Å². The molecule has 188 valence electrons. The molecule has 3 aromatic rings. The Balaban J connectivity index is 1.62. The van der Waals surface area contributed by atoms with Crippen molar-refractivity contribution in [2.45, 2.75) is 43.7 Å². The van der Waals surface area contributed by atoms with Crippen molar-refractivity contribution < 1.29 is 27.4 Å². The standard InChI is InChI=1S/C24H23FN4O6S/c1-12(22(26)31)35-15-5-6-17-19(11-15)36(33,34)28-23(27-17)20-21(30)16-10-14(25)4-7-18(16)29(24(20)32)9-8-13-2-3-13/h4-7,10-13,30H,2-3,8-9H2,1H3,(H2,26,31)(H,27,28). The van der Waals surface area contributed by atoms with Gasteiger partial charge in [0, 0.05) is 18.0 Å². The zero-order chi connectivity index (χ0) is 25.8. The predicted molar refractivity (Wildman–Crippen MR) is 130 cm³/mol. The lowest BCUT2D eigenvalue weighted by Crippen LogP contribution is -2.33. The van der Waals surface area contributed by atoms with Crippen LogP contribution in [0.3, 0.4) is 0 Å². The lowest BCUT2D eigenvalue weighted by atomic mass is 10.1. The highest BCUT2D eigenvalue weighted by Gasteiger charge is 2.31. The van der Waals surface area contributed by atoms with Crippen LogP contribution < -0.4 is 21.3 Å². The highest BCUT2D eigenvalue weighted by Crippen LogP contribution is 2.36. The second-order valence-electron chi connectivity index (χ2n) is 8.93. The van der Waals surface area contributed by atoms with Crippen molar-refractivity contribution in [3.8, 4) is 11.5 Å². The number of nitrogens with two attached hydrogens (primary N) is 1. The monoisotopic (exact) mass is 514 g/mol. The van der Waals surface area contributed by atoms with E-state index in [4.69, 9.17) is 10.5 Å². The van der Waals surface area contributed by atoms with Gasteiger partial charge in [-0.05, 0) is 49.6 Å². The van der Waals surface area contributed by atoms with E-state index in [9.17, 15) is 27.5 Å². The van der Waals surface area contributed by atoms with Crippen molar-refractivity contribution in [1.29, 1.82) is 0 Å². The van der Waals surface area contributed by atoms with Crippen molar-refractivity contribution >= 4 is 38.4 Å². The number of aromatic nitrogens is 1. The van der Waals surface area contributed by atoms with Crippen LogP contribution in [0.4, 0.5) is 10.1 Å². The minimum absolute atomic E-state index is 0.0669. The molecule has 1 saturated carbocycles. The first kappa shape index (κ1) is 23.8. The van der Waals surface area contributed by atoms with Gasteiger partial charge in [-0.25, -0.2) is 4.39 Å². The quantitative estimate of drug-likeness (QED) is 0.438. The van der Waals surface area contributed by atoms with E-state index in [0.29, 0.717) is 18.0 Å². The molecule has 4 N–H and O–H groups in total. The Labute approximate surface area is 205 Å². The molecular formula is C24H23FN4O6S. The van der Waals surface area contributed by atoms with Gasteiger partial charge in [-0.3, -0.25) is 9.59 Å². The summed E-state index contributed by atoms with van der Waals surface area (Å²) >= 11 is 0. The number of aryl methyl sites for hydroxylation is 1. The molecule has 0 bridgehead atoms. The van der Waals surface area contributed by atoms with Crippen LogP contribution in [-0.4, -0.2) is 35.9 Å². The van der Waals surface area contributed by atoms with E-state index >= 15 is 0 Å². The number of carbonyl (C=O) groups excluding carboxylic acids is 1. The lowest BCUT2D eigenvalue weighted by Gasteiger charge is -2.21. The minimum Gasteiger partial charge on any atom is -0.506 e. The number of primary amides is 1. The number of carbonyl (C=O) groups is 1. The number of pyridine rings is 1. The molecule has 1 fully saturated rings. The molecule has 1 atom stereocenters. The van der Waals surface area contributed by atoms with Crippen molar-refractivity contribution in [1.82, 2.24) is 4.57 Å². The Kier molecular flexibility index (Phi) is 5.70. The molecule has 1 amide bonds. The zero-order valence-corrected chi connectivity index (χ0v) is 20.0. The summed E-state index contributed by atoms with van der Waals surface area (Å²) in [5.41, 5.74) is 4.60. The molecule has 2 aliphatic rings. The van der Waals surface area contributed by atoms with Gasteiger partial charge < -0.3 is 25.5 Å². The normalized spacial score (nSPS) is 17.1. The van der Waals surface area contributed by atoms with Gasteiger partial charge in [-0.15, -0.1) is 4.40 Å². The highest BCUT2D eigenvalue weighted by molar-refractivity contribution is 7.90. The molecule has 5 rings (SSSR count). The Bertz CT molecular complexity index is 1610. The Morgan fingerprint density at radius 2 is 2.06 bits per heavy atom. The Morgan fingerprint density at radius 1 is 1.31 bits per heavy atom. The van der Waals surface area contributed by atoms with Gasteiger partial charge in [0.2, 0.25) is 0 Å². The third-order valence-corrected chi connectivity index (χ3v) is 7.62. The van der Waals surface area contributed by atoms with Crippen molar-refractivity contribution in [2.24, 2.45) is 16.0 Å². The van der Waals surface area contributed by atoms with Gasteiger partial charge in [0.25, 0.3) is 21.5 Å². The largest absolute Gasteiger partial charge is 0.506 e. The fraction of sp³-hybridized carbons (Fsp3) is 0.292. The Morgan fingerprint density at radius 3 is 2.75 bits per heavy atom. The molecular weight excluding hydrogens is 491 g/mol. The number of nitrogens with one attached hydrogen (secondary N) is 1. The van der Waals surface area contributed by atoms with Crippen LogP contribution in [-0.2, 0) is 21.4 Å². The number of benzene rings is 2. The summed E-state index contributed by atoms with van der Waals surface area (Å²) in [6.07, 6.45) is 1.87. The molecule has 1 unspecified atom stereocenters. The first-order valence-corrected chi connectivity index (χ1v) is 12.8. The van der Waals surface area contributed by atoms with Crippen LogP contribution in [0.25, 0.3) is 10.9 Å². The van der Waals surface area contributed by atoms with Crippen LogP contribution in [0.2, 0.25) is 0 Å². The van der Waals surface area contributed by atoms with E-state index in [1.165, 1.54) is 41.8 Å². The van der Waals surface area contributed by atoms with Crippen LogP contribution in [0, 0.1) is 11.7 Å². The van der Waals surface area contributed by atoms with E-state index in [1.807, 2.05) is 0 Å². The van der Waals surface area contributed by atoms with Crippen molar-refractivity contribution in [3.63, 3.8) is 0 Å². The van der Waals surface area contributed by atoms with E-state index in [2.05, 4.69) is 9.71 Å². The molecule has 0 radical (unpaired) electrons. The predicted octanol–water partition coefficient (Wildman–Crippen LogP) is 2.46. The van der Waals surface area contributed by atoms with E-state index < -0.39 is 39.2 Å². The van der Waals surface area contributed by atoms with E-state index in [0.717, 1.165) is 25.3 Å². The summed E-state index contributed by atoms with van der Waals surface area (Å²) in [5, 5.41) is 13.8. The first-order chi connectivity index (χ1) is 17.0. The zero-order valence-electron chi connectivity index (χ0n) is 19.2. The lowest BCUT2D eigenvalue weighted by molar-refractivity contribution is -0.123. The maximum absolute atomic E-state index is 14.1. The number of nitrogens with zero attached hydrogens (tertiary/aromatic N) is 2. The summed E-state index contributed by atoms with van der Waals surface area (Å²) in [5.74, 6) is -1.72. The first-order valence-electron chi connectivity index (χ1n) is 11.3. The summed E-state index contributed by atoms with van der Waals surface area (Å²) < 4.78 is 50.7. The maximum atomic E-state index is 14.1. The molecule has 36 heavy (non-hydrogen) atoms. The van der Waals surface area contributed by atoms with Crippen LogP contribution in [0.15, 0.2) is 50.5 Å². The number of aromatic hydroxyl groups is 1. The third-order valence-electron chi connectivity index (χ3n) is 6.30. The molecule has 0 saturated heterocycles. The molecule has 2 heterocycles. The summed E-state index contributed by atoms with van der Waals surface area (Å²) in [6, 6.07) is 7.70. The van der Waals surface area contributed by atoms with Gasteiger partial charge in [0.05, 0.1) is 11.2 Å². The number of rotatable bonds is 7. The van der Waals surface area contributed by atoms with Gasteiger partial charge in [-0.2, -0.15) is 8.42 Å². The molecule has 10 nitrogen and oxygen atoms in total. The average Bonchev–Trinajstić information content (AvgIpc) is 3.64. The smallest absolute Gasteiger partial charge is 0.286 e. The van der Waals surface area contributed by atoms with Gasteiger partial charge in [0.15, 0.2) is 11.9 Å².